The van der Waals surface area contributed by atoms with Crippen LogP contribution in [0.5, 0.6) is 5.75 Å². The number of carbonyl (C=O) groups is 1. The second-order valence-electron chi connectivity index (χ2n) is 4.76. The molecule has 0 aromatic heterocycles. The van der Waals surface area contributed by atoms with Gasteiger partial charge in [0.05, 0.1) is 0 Å². The molecule has 16 heavy (non-hydrogen) atoms. The lowest BCUT2D eigenvalue weighted by atomic mass is 10.0. The number of hydrogen-bond donors (Lipinski definition) is 0. The van der Waals surface area contributed by atoms with Crippen LogP contribution in [0.25, 0.3) is 0 Å². The van der Waals surface area contributed by atoms with Crippen LogP contribution in [-0.4, -0.2) is 5.97 Å². The third-order valence-electron chi connectivity index (χ3n) is 2.34. The van der Waals surface area contributed by atoms with E-state index >= 15 is 0 Å². The summed E-state index contributed by atoms with van der Waals surface area (Å²) in [5.41, 5.74) is 1.08. The van der Waals surface area contributed by atoms with E-state index in [9.17, 15) is 4.79 Å². The van der Waals surface area contributed by atoms with Crippen molar-refractivity contribution in [3.8, 4) is 5.75 Å². The fourth-order valence-corrected chi connectivity index (χ4v) is 1.55. The molecule has 0 N–H and O–H groups in total. The number of benzene rings is 1. The Morgan fingerprint density at radius 2 is 1.81 bits per heavy atom. The largest absolute Gasteiger partial charge is 0.426 e. The van der Waals surface area contributed by atoms with Crippen molar-refractivity contribution < 1.29 is 9.53 Å². The van der Waals surface area contributed by atoms with Crippen molar-refractivity contribution in [1.82, 2.24) is 0 Å². The van der Waals surface area contributed by atoms with Gasteiger partial charge in [-0.15, -0.1) is 0 Å². The molecule has 1 aromatic carbocycles. The van der Waals surface area contributed by atoms with Gasteiger partial charge in [-0.25, -0.2) is 0 Å². The number of esters is 1. The van der Waals surface area contributed by atoms with Crippen molar-refractivity contribution in [2.45, 2.75) is 40.0 Å². The van der Waals surface area contributed by atoms with Crippen LogP contribution in [0.1, 0.15) is 45.6 Å². The van der Waals surface area contributed by atoms with E-state index in [1.807, 2.05) is 38.1 Å². The molecule has 0 bridgehead atoms. The van der Waals surface area contributed by atoms with Crippen molar-refractivity contribution >= 4 is 5.97 Å². The second kappa shape index (κ2) is 5.69. The summed E-state index contributed by atoms with van der Waals surface area (Å²) in [6, 6.07) is 7.72. The van der Waals surface area contributed by atoms with E-state index in [-0.39, 0.29) is 5.97 Å². The highest BCUT2D eigenvalue weighted by atomic mass is 16.5. The van der Waals surface area contributed by atoms with Crippen molar-refractivity contribution in [2.24, 2.45) is 5.92 Å². The van der Waals surface area contributed by atoms with Gasteiger partial charge in [-0.3, -0.25) is 4.79 Å². The third kappa shape index (κ3) is 3.69. The average molecular weight is 220 g/mol. The van der Waals surface area contributed by atoms with Crippen LogP contribution in [0.15, 0.2) is 24.3 Å². The monoisotopic (exact) mass is 220 g/mol. The maximum atomic E-state index is 11.6. The fraction of sp³-hybridized carbons (Fsp3) is 0.500. The Hall–Kier alpha value is -1.31. The Morgan fingerprint density at radius 1 is 1.19 bits per heavy atom. The first kappa shape index (κ1) is 12.8. The molecule has 0 saturated heterocycles. The van der Waals surface area contributed by atoms with E-state index in [0.717, 1.165) is 5.56 Å². The Bertz CT molecular complexity index is 354. The standard InChI is InChI=1S/C14H20O2/c1-10(2)9-14(15)16-13-8-6-5-7-12(13)11(3)4/h5-8,10-11H,9H2,1-4H3. The molecule has 2 heteroatoms. The molecule has 88 valence electrons. The number of carbonyl (C=O) groups excluding carboxylic acids is 1. The second-order valence-corrected chi connectivity index (χ2v) is 4.76. The Labute approximate surface area is 97.6 Å². The van der Waals surface area contributed by atoms with E-state index in [1.54, 1.807) is 0 Å². The van der Waals surface area contributed by atoms with Gasteiger partial charge in [-0.05, 0) is 23.5 Å². The Balaban J connectivity index is 2.77. The summed E-state index contributed by atoms with van der Waals surface area (Å²) < 4.78 is 5.38. The van der Waals surface area contributed by atoms with Gasteiger partial charge in [0.1, 0.15) is 5.75 Å². The molecule has 0 unspecified atom stereocenters. The van der Waals surface area contributed by atoms with Crippen LogP contribution >= 0.6 is 0 Å². The molecular formula is C14H20O2. The molecule has 0 amide bonds. The summed E-state index contributed by atoms with van der Waals surface area (Å²) >= 11 is 0. The summed E-state index contributed by atoms with van der Waals surface area (Å²) in [6.45, 7) is 8.20. The summed E-state index contributed by atoms with van der Waals surface area (Å²) in [4.78, 5) is 11.6. The molecule has 0 aliphatic heterocycles. The quantitative estimate of drug-likeness (QED) is 0.570. The zero-order chi connectivity index (χ0) is 12.1. The third-order valence-corrected chi connectivity index (χ3v) is 2.34. The van der Waals surface area contributed by atoms with E-state index in [4.69, 9.17) is 4.74 Å². The van der Waals surface area contributed by atoms with E-state index < -0.39 is 0 Å². The van der Waals surface area contributed by atoms with Crippen LogP contribution < -0.4 is 4.74 Å². The highest BCUT2D eigenvalue weighted by Crippen LogP contribution is 2.26. The average Bonchev–Trinajstić information content (AvgIpc) is 2.16. The summed E-state index contributed by atoms with van der Waals surface area (Å²) in [5.74, 6) is 1.24. The number of ether oxygens (including phenoxy) is 1. The molecule has 0 atom stereocenters. The first-order chi connectivity index (χ1) is 7.50. The summed E-state index contributed by atoms with van der Waals surface area (Å²) in [6.07, 6.45) is 0.465. The Morgan fingerprint density at radius 3 is 2.38 bits per heavy atom. The van der Waals surface area contributed by atoms with Crippen molar-refractivity contribution in [3.63, 3.8) is 0 Å². The lowest BCUT2D eigenvalue weighted by Gasteiger charge is -2.13. The molecule has 0 aliphatic rings. The summed E-state index contributed by atoms with van der Waals surface area (Å²) in [5, 5.41) is 0. The van der Waals surface area contributed by atoms with Crippen LogP contribution in [0.2, 0.25) is 0 Å². The van der Waals surface area contributed by atoms with Crippen LogP contribution in [-0.2, 0) is 4.79 Å². The van der Waals surface area contributed by atoms with Gasteiger partial charge >= 0.3 is 5.97 Å². The molecule has 1 aromatic rings. The van der Waals surface area contributed by atoms with Gasteiger partial charge in [0.15, 0.2) is 0 Å². The molecule has 0 aliphatic carbocycles. The lowest BCUT2D eigenvalue weighted by molar-refractivity contribution is -0.135. The normalized spacial score (nSPS) is 10.9. The minimum Gasteiger partial charge on any atom is -0.426 e. The highest BCUT2D eigenvalue weighted by molar-refractivity contribution is 5.73. The van der Waals surface area contributed by atoms with Gasteiger partial charge in [-0.1, -0.05) is 45.9 Å². The van der Waals surface area contributed by atoms with Crippen molar-refractivity contribution in [3.05, 3.63) is 29.8 Å². The topological polar surface area (TPSA) is 26.3 Å². The van der Waals surface area contributed by atoms with Crippen molar-refractivity contribution in [2.75, 3.05) is 0 Å². The predicted octanol–water partition coefficient (Wildman–Crippen LogP) is 3.76. The first-order valence-corrected chi connectivity index (χ1v) is 5.80. The van der Waals surface area contributed by atoms with Gasteiger partial charge in [0, 0.05) is 6.42 Å². The molecule has 0 saturated carbocycles. The summed E-state index contributed by atoms with van der Waals surface area (Å²) in [7, 11) is 0. The molecular weight excluding hydrogens is 200 g/mol. The molecule has 0 fully saturated rings. The molecule has 0 radical (unpaired) electrons. The molecule has 2 nitrogen and oxygen atoms in total. The zero-order valence-corrected chi connectivity index (χ0v) is 10.5. The maximum absolute atomic E-state index is 11.6. The fourth-order valence-electron chi connectivity index (χ4n) is 1.55. The predicted molar refractivity (Wildman–Crippen MR) is 65.6 cm³/mol. The van der Waals surface area contributed by atoms with Gasteiger partial charge in [0.2, 0.25) is 0 Å². The zero-order valence-electron chi connectivity index (χ0n) is 10.5. The van der Waals surface area contributed by atoms with E-state index in [1.165, 1.54) is 0 Å². The van der Waals surface area contributed by atoms with E-state index in [0.29, 0.717) is 24.0 Å². The number of rotatable bonds is 4. The number of para-hydroxylation sites is 1. The minimum atomic E-state index is -0.150. The van der Waals surface area contributed by atoms with E-state index in [2.05, 4.69) is 13.8 Å². The van der Waals surface area contributed by atoms with Gasteiger partial charge in [0.25, 0.3) is 0 Å². The Kier molecular flexibility index (Phi) is 4.53. The van der Waals surface area contributed by atoms with Gasteiger partial charge in [-0.2, -0.15) is 0 Å². The van der Waals surface area contributed by atoms with Crippen molar-refractivity contribution in [1.29, 1.82) is 0 Å². The minimum absolute atomic E-state index is 0.150. The van der Waals surface area contributed by atoms with Crippen LogP contribution in [0.4, 0.5) is 0 Å². The van der Waals surface area contributed by atoms with Crippen LogP contribution in [0, 0.1) is 5.92 Å². The van der Waals surface area contributed by atoms with Crippen LogP contribution in [0.3, 0.4) is 0 Å². The molecule has 0 heterocycles. The first-order valence-electron chi connectivity index (χ1n) is 5.80. The lowest BCUT2D eigenvalue weighted by Crippen LogP contribution is -2.12. The number of hydrogen-bond acceptors (Lipinski definition) is 2. The highest BCUT2D eigenvalue weighted by Gasteiger charge is 2.12. The van der Waals surface area contributed by atoms with Gasteiger partial charge < -0.3 is 4.74 Å². The molecule has 0 spiro atoms. The molecule has 1 rings (SSSR count). The SMILES string of the molecule is CC(C)CC(=O)Oc1ccccc1C(C)C. The maximum Gasteiger partial charge on any atom is 0.311 e. The smallest absolute Gasteiger partial charge is 0.311 e.